The van der Waals surface area contributed by atoms with Crippen molar-refractivity contribution in [1.29, 1.82) is 0 Å². The molecule has 0 saturated carbocycles. The molecule has 0 aromatic heterocycles. The van der Waals surface area contributed by atoms with Gasteiger partial charge in [-0.05, 0) is 5.56 Å². The first-order chi connectivity index (χ1) is 9.68. The lowest BCUT2D eigenvalue weighted by molar-refractivity contribution is -0.181. The van der Waals surface area contributed by atoms with Crippen molar-refractivity contribution in [1.82, 2.24) is 9.80 Å². The highest BCUT2D eigenvalue weighted by atomic mass is 16.3. The van der Waals surface area contributed by atoms with Crippen LogP contribution in [0.3, 0.4) is 0 Å². The predicted molar refractivity (Wildman–Crippen MR) is 76.5 cm³/mol. The Morgan fingerprint density at radius 2 is 1.65 bits per heavy atom. The Morgan fingerprint density at radius 1 is 1.05 bits per heavy atom. The lowest BCUT2D eigenvalue weighted by atomic mass is 9.57. The lowest BCUT2D eigenvalue weighted by Gasteiger charge is -2.60. The molecule has 4 saturated heterocycles. The van der Waals surface area contributed by atoms with Crippen LogP contribution in [0.4, 0.5) is 0 Å². The van der Waals surface area contributed by atoms with E-state index in [0.29, 0.717) is 0 Å². The zero-order valence-corrected chi connectivity index (χ0v) is 11.7. The molecule has 1 aromatic carbocycles. The van der Waals surface area contributed by atoms with E-state index < -0.39 is 5.60 Å². The summed E-state index contributed by atoms with van der Waals surface area (Å²) in [4.78, 5) is 4.93. The minimum Gasteiger partial charge on any atom is -0.393 e. The van der Waals surface area contributed by atoms with Crippen molar-refractivity contribution in [3.05, 3.63) is 35.9 Å². The average Bonchev–Trinajstić information content (AvgIpc) is 2.74. The second-order valence-electron chi connectivity index (χ2n) is 6.70. The van der Waals surface area contributed by atoms with Gasteiger partial charge in [-0.15, -0.1) is 0 Å². The molecule has 0 radical (unpaired) electrons. The molecule has 4 aliphatic rings. The van der Waals surface area contributed by atoms with Gasteiger partial charge in [-0.3, -0.25) is 0 Å². The van der Waals surface area contributed by atoms with Crippen molar-refractivity contribution in [2.75, 3.05) is 45.9 Å². The van der Waals surface area contributed by atoms with E-state index in [-0.39, 0.29) is 17.9 Å². The molecule has 3 atom stereocenters. The number of aliphatic hydroxyl groups excluding tert-OH is 1. The standard InChI is InChI=1S/C16H22N2O2/c19-12-16(20)14-8-17-6-7-18(9-14)11-15(16,10-17)13-4-2-1-3-5-13/h1-5,14,19-20H,6-12H2. The van der Waals surface area contributed by atoms with Gasteiger partial charge in [0.2, 0.25) is 0 Å². The second-order valence-corrected chi connectivity index (χ2v) is 6.70. The highest BCUT2D eigenvalue weighted by Crippen LogP contribution is 2.49. The Bertz CT molecular complexity index is 490. The van der Waals surface area contributed by atoms with Crippen molar-refractivity contribution in [3.63, 3.8) is 0 Å². The number of rotatable bonds is 2. The minimum absolute atomic E-state index is 0.137. The van der Waals surface area contributed by atoms with Crippen molar-refractivity contribution < 1.29 is 10.2 Å². The summed E-state index contributed by atoms with van der Waals surface area (Å²) in [5.41, 5.74) is -0.190. The Hall–Kier alpha value is -0.940. The van der Waals surface area contributed by atoms with Gasteiger partial charge in [0.05, 0.1) is 12.0 Å². The maximum Gasteiger partial charge on any atom is 0.105 e. The normalized spacial score (nSPS) is 46.4. The first-order valence-electron chi connectivity index (χ1n) is 7.51. The number of fused-ring (bicyclic) bond motifs is 1. The van der Waals surface area contributed by atoms with Crippen LogP contribution in [0.2, 0.25) is 0 Å². The van der Waals surface area contributed by atoms with Crippen molar-refractivity contribution in [3.8, 4) is 0 Å². The van der Waals surface area contributed by atoms with Gasteiger partial charge in [0.15, 0.2) is 0 Å². The van der Waals surface area contributed by atoms with Gasteiger partial charge < -0.3 is 20.0 Å². The molecule has 4 heteroatoms. The van der Waals surface area contributed by atoms with Crippen LogP contribution in [-0.2, 0) is 5.41 Å². The fourth-order valence-corrected chi connectivity index (χ4v) is 4.68. The van der Waals surface area contributed by atoms with E-state index in [1.165, 1.54) is 0 Å². The van der Waals surface area contributed by atoms with Crippen LogP contribution >= 0.6 is 0 Å². The summed E-state index contributed by atoms with van der Waals surface area (Å²) < 4.78 is 0. The third-order valence-electron chi connectivity index (χ3n) is 5.75. The molecule has 0 aliphatic carbocycles. The molecule has 2 N–H and O–H groups in total. The van der Waals surface area contributed by atoms with Gasteiger partial charge >= 0.3 is 0 Å². The summed E-state index contributed by atoms with van der Waals surface area (Å²) in [7, 11) is 0. The number of benzene rings is 1. The van der Waals surface area contributed by atoms with Gasteiger partial charge in [-0.1, -0.05) is 30.3 Å². The van der Waals surface area contributed by atoms with Gasteiger partial charge in [0, 0.05) is 45.2 Å². The molecule has 3 unspecified atom stereocenters. The molecule has 108 valence electrons. The van der Waals surface area contributed by atoms with Gasteiger partial charge in [-0.2, -0.15) is 0 Å². The van der Waals surface area contributed by atoms with Crippen LogP contribution in [-0.4, -0.2) is 71.5 Å². The largest absolute Gasteiger partial charge is 0.393 e. The molecule has 0 spiro atoms. The minimum atomic E-state index is -0.994. The summed E-state index contributed by atoms with van der Waals surface area (Å²) in [6.45, 7) is 5.51. The first kappa shape index (κ1) is 12.8. The Balaban J connectivity index is 1.89. The molecule has 4 fully saturated rings. The highest BCUT2D eigenvalue weighted by Gasteiger charge is 2.63. The van der Waals surface area contributed by atoms with E-state index in [9.17, 15) is 10.2 Å². The van der Waals surface area contributed by atoms with Crippen LogP contribution in [0.5, 0.6) is 0 Å². The molecule has 4 heterocycles. The summed E-state index contributed by atoms with van der Waals surface area (Å²) >= 11 is 0. The zero-order chi connectivity index (χ0) is 13.8. The fourth-order valence-electron chi connectivity index (χ4n) is 4.68. The third-order valence-corrected chi connectivity index (χ3v) is 5.75. The first-order valence-corrected chi connectivity index (χ1v) is 7.51. The molecule has 4 bridgehead atoms. The van der Waals surface area contributed by atoms with E-state index in [1.54, 1.807) is 0 Å². The Kier molecular flexibility index (Phi) is 2.73. The second kappa shape index (κ2) is 4.28. The quantitative estimate of drug-likeness (QED) is 0.791. The molecule has 4 nitrogen and oxygen atoms in total. The number of piperidine rings is 2. The van der Waals surface area contributed by atoms with Crippen molar-refractivity contribution in [2.24, 2.45) is 5.92 Å². The molecular weight excluding hydrogens is 252 g/mol. The maximum absolute atomic E-state index is 11.3. The monoisotopic (exact) mass is 274 g/mol. The van der Waals surface area contributed by atoms with E-state index in [2.05, 4.69) is 21.9 Å². The maximum atomic E-state index is 11.3. The van der Waals surface area contributed by atoms with Crippen LogP contribution in [0.1, 0.15) is 5.56 Å². The summed E-state index contributed by atoms with van der Waals surface area (Å²) in [5, 5.41) is 21.3. The van der Waals surface area contributed by atoms with E-state index in [1.807, 2.05) is 18.2 Å². The number of hydrogen-bond donors (Lipinski definition) is 2. The van der Waals surface area contributed by atoms with Crippen LogP contribution < -0.4 is 0 Å². The van der Waals surface area contributed by atoms with Gasteiger partial charge in [-0.25, -0.2) is 0 Å². The van der Waals surface area contributed by atoms with Crippen LogP contribution in [0.15, 0.2) is 30.3 Å². The number of hydrogen-bond acceptors (Lipinski definition) is 4. The van der Waals surface area contributed by atoms with E-state index in [4.69, 9.17) is 0 Å². The third kappa shape index (κ3) is 1.51. The summed E-state index contributed by atoms with van der Waals surface area (Å²) in [6.07, 6.45) is 0. The fraction of sp³-hybridized carbons (Fsp3) is 0.625. The Morgan fingerprint density at radius 3 is 2.20 bits per heavy atom. The highest BCUT2D eigenvalue weighted by molar-refractivity contribution is 5.35. The summed E-state index contributed by atoms with van der Waals surface area (Å²) in [5.74, 6) is 0.137. The van der Waals surface area contributed by atoms with Gasteiger partial charge in [0.1, 0.15) is 5.60 Å². The lowest BCUT2D eigenvalue weighted by Crippen LogP contribution is -2.74. The van der Waals surface area contributed by atoms with Gasteiger partial charge in [0.25, 0.3) is 0 Å². The molecule has 4 aliphatic heterocycles. The van der Waals surface area contributed by atoms with Crippen molar-refractivity contribution >= 4 is 0 Å². The van der Waals surface area contributed by atoms with Crippen LogP contribution in [0.25, 0.3) is 0 Å². The predicted octanol–water partition coefficient (Wildman–Crippen LogP) is -0.0912. The van der Waals surface area contributed by atoms with E-state index >= 15 is 0 Å². The number of aliphatic hydroxyl groups is 2. The van der Waals surface area contributed by atoms with E-state index in [0.717, 1.165) is 44.8 Å². The smallest absolute Gasteiger partial charge is 0.105 e. The molecule has 0 amide bonds. The van der Waals surface area contributed by atoms with Crippen molar-refractivity contribution in [2.45, 2.75) is 11.0 Å². The molecule has 1 aromatic rings. The average molecular weight is 274 g/mol. The zero-order valence-electron chi connectivity index (χ0n) is 11.7. The summed E-state index contributed by atoms with van der Waals surface area (Å²) in [6, 6.07) is 10.3. The molecule has 20 heavy (non-hydrogen) atoms. The van der Waals surface area contributed by atoms with Crippen LogP contribution in [0, 0.1) is 5.92 Å². The Labute approximate surface area is 119 Å². The SMILES string of the molecule is OCC1(O)C2CN3CCN(C2)CC1(c1ccccc1)C3. The molecular formula is C16H22N2O2. The topological polar surface area (TPSA) is 46.9 Å². The molecule has 5 rings (SSSR count). The number of nitrogens with zero attached hydrogens (tertiary/aromatic N) is 2.